The molecule has 0 spiro atoms. The Morgan fingerprint density at radius 3 is 3.00 bits per heavy atom. The van der Waals surface area contributed by atoms with Crippen molar-refractivity contribution in [2.45, 2.75) is 13.0 Å². The lowest BCUT2D eigenvalue weighted by Crippen LogP contribution is -2.10. The average Bonchev–Trinajstić information content (AvgIpc) is 2.60. The van der Waals surface area contributed by atoms with E-state index in [0.717, 1.165) is 5.95 Å². The molecule has 1 aromatic rings. The first-order chi connectivity index (χ1) is 7.53. The van der Waals surface area contributed by atoms with Crippen LogP contribution in [0.1, 0.15) is 6.42 Å². The van der Waals surface area contributed by atoms with E-state index in [1.54, 1.807) is 12.3 Å². The Hall–Kier alpha value is -1.30. The summed E-state index contributed by atoms with van der Waals surface area (Å²) in [6, 6.07) is 0. The van der Waals surface area contributed by atoms with Crippen molar-refractivity contribution < 1.29 is 8.42 Å². The predicted molar refractivity (Wildman–Crippen MR) is 65.2 cm³/mol. The molecule has 0 saturated carbocycles. The van der Waals surface area contributed by atoms with E-state index in [2.05, 4.69) is 16.9 Å². The van der Waals surface area contributed by atoms with E-state index < -0.39 is 9.84 Å². The normalized spacial score (nSPS) is 11.3. The molecule has 0 aliphatic heterocycles. The van der Waals surface area contributed by atoms with Gasteiger partial charge in [0.25, 0.3) is 0 Å². The molecule has 1 heterocycles. The summed E-state index contributed by atoms with van der Waals surface area (Å²) in [5, 5.41) is 3.07. The summed E-state index contributed by atoms with van der Waals surface area (Å²) in [7, 11) is -2.88. The molecule has 0 fully saturated rings. The SMILES string of the molecule is C=CCNc1nccn1CCCS(C)(=O)=O. The van der Waals surface area contributed by atoms with Gasteiger partial charge in [0.1, 0.15) is 9.84 Å². The summed E-state index contributed by atoms with van der Waals surface area (Å²) >= 11 is 0. The van der Waals surface area contributed by atoms with Crippen LogP contribution in [0.5, 0.6) is 0 Å². The lowest BCUT2D eigenvalue weighted by atomic mass is 10.5. The first-order valence-corrected chi connectivity index (χ1v) is 7.12. The number of hydrogen-bond donors (Lipinski definition) is 1. The fraction of sp³-hybridized carbons (Fsp3) is 0.500. The van der Waals surface area contributed by atoms with Crippen molar-refractivity contribution in [2.24, 2.45) is 0 Å². The zero-order chi connectivity index (χ0) is 12.0. The van der Waals surface area contributed by atoms with Gasteiger partial charge in [-0.3, -0.25) is 0 Å². The van der Waals surface area contributed by atoms with E-state index in [1.807, 2.05) is 10.8 Å². The number of rotatable bonds is 7. The molecule has 0 aliphatic rings. The molecule has 0 bridgehead atoms. The van der Waals surface area contributed by atoms with Gasteiger partial charge in [-0.15, -0.1) is 6.58 Å². The van der Waals surface area contributed by atoms with Gasteiger partial charge in [0.2, 0.25) is 5.95 Å². The first kappa shape index (κ1) is 12.8. The van der Waals surface area contributed by atoms with Crippen molar-refractivity contribution in [1.82, 2.24) is 9.55 Å². The van der Waals surface area contributed by atoms with Gasteiger partial charge in [-0.1, -0.05) is 6.08 Å². The quantitative estimate of drug-likeness (QED) is 0.723. The topological polar surface area (TPSA) is 64.0 Å². The molecule has 90 valence electrons. The second-order valence-electron chi connectivity index (χ2n) is 3.60. The number of anilines is 1. The third kappa shape index (κ3) is 4.48. The maximum Gasteiger partial charge on any atom is 0.203 e. The number of imidazole rings is 1. The highest BCUT2D eigenvalue weighted by Crippen LogP contribution is 2.05. The largest absolute Gasteiger partial charge is 0.352 e. The van der Waals surface area contributed by atoms with Gasteiger partial charge in [-0.25, -0.2) is 13.4 Å². The third-order valence-corrected chi connectivity index (χ3v) is 3.06. The van der Waals surface area contributed by atoms with Crippen molar-refractivity contribution in [2.75, 3.05) is 23.9 Å². The van der Waals surface area contributed by atoms with Crippen molar-refractivity contribution in [3.63, 3.8) is 0 Å². The molecular formula is C10H17N3O2S. The maximum absolute atomic E-state index is 11.0. The average molecular weight is 243 g/mol. The van der Waals surface area contributed by atoms with Gasteiger partial charge >= 0.3 is 0 Å². The van der Waals surface area contributed by atoms with Crippen LogP contribution in [0.3, 0.4) is 0 Å². The van der Waals surface area contributed by atoms with Crippen LogP contribution in [0.15, 0.2) is 25.0 Å². The molecule has 0 atom stereocenters. The molecule has 5 nitrogen and oxygen atoms in total. The highest BCUT2D eigenvalue weighted by molar-refractivity contribution is 7.90. The van der Waals surface area contributed by atoms with Crippen molar-refractivity contribution in [1.29, 1.82) is 0 Å². The smallest absolute Gasteiger partial charge is 0.203 e. The summed E-state index contributed by atoms with van der Waals surface area (Å²) < 4.78 is 23.8. The van der Waals surface area contributed by atoms with Gasteiger partial charge in [-0.2, -0.15) is 0 Å². The molecule has 0 aliphatic carbocycles. The van der Waals surface area contributed by atoms with Crippen LogP contribution in [-0.4, -0.2) is 36.5 Å². The van der Waals surface area contributed by atoms with E-state index in [9.17, 15) is 8.42 Å². The summed E-state index contributed by atoms with van der Waals surface area (Å²) in [4.78, 5) is 4.12. The maximum atomic E-state index is 11.0. The number of hydrogen-bond acceptors (Lipinski definition) is 4. The zero-order valence-electron chi connectivity index (χ0n) is 9.39. The molecule has 0 saturated heterocycles. The minimum Gasteiger partial charge on any atom is -0.352 e. The van der Waals surface area contributed by atoms with Crippen LogP contribution in [0.25, 0.3) is 0 Å². The minimum absolute atomic E-state index is 0.200. The third-order valence-electron chi connectivity index (χ3n) is 2.03. The number of aryl methyl sites for hydroxylation is 1. The van der Waals surface area contributed by atoms with Gasteiger partial charge < -0.3 is 9.88 Å². The second kappa shape index (κ2) is 5.69. The van der Waals surface area contributed by atoms with Crippen molar-refractivity contribution in [3.05, 3.63) is 25.0 Å². The van der Waals surface area contributed by atoms with Gasteiger partial charge in [0.05, 0.1) is 5.75 Å². The first-order valence-electron chi connectivity index (χ1n) is 5.06. The van der Waals surface area contributed by atoms with Crippen molar-refractivity contribution in [3.8, 4) is 0 Å². The molecule has 0 amide bonds. The van der Waals surface area contributed by atoms with E-state index in [4.69, 9.17) is 0 Å². The second-order valence-corrected chi connectivity index (χ2v) is 5.86. The molecule has 6 heteroatoms. The fourth-order valence-electron chi connectivity index (χ4n) is 1.32. The molecule has 16 heavy (non-hydrogen) atoms. The number of nitrogens with one attached hydrogen (secondary N) is 1. The summed E-state index contributed by atoms with van der Waals surface area (Å²) in [6.45, 7) is 4.89. The fourth-order valence-corrected chi connectivity index (χ4v) is 1.97. The van der Waals surface area contributed by atoms with Crippen LogP contribution < -0.4 is 5.32 Å². The van der Waals surface area contributed by atoms with Crippen LogP contribution in [0.4, 0.5) is 5.95 Å². The van der Waals surface area contributed by atoms with E-state index in [0.29, 0.717) is 19.5 Å². The van der Waals surface area contributed by atoms with E-state index in [-0.39, 0.29) is 5.75 Å². The molecule has 0 aromatic carbocycles. The Kier molecular flexibility index (Phi) is 4.54. The van der Waals surface area contributed by atoms with Crippen LogP contribution in [0.2, 0.25) is 0 Å². The van der Waals surface area contributed by atoms with E-state index in [1.165, 1.54) is 6.26 Å². The highest BCUT2D eigenvalue weighted by atomic mass is 32.2. The number of aromatic nitrogens is 2. The molecule has 1 aromatic heterocycles. The standard InChI is InChI=1S/C10H17N3O2S/c1-3-5-11-10-12-6-8-13(10)7-4-9-16(2,14)15/h3,6,8H,1,4-5,7,9H2,2H3,(H,11,12). The Morgan fingerprint density at radius 1 is 1.62 bits per heavy atom. The van der Waals surface area contributed by atoms with Crippen LogP contribution in [0, 0.1) is 0 Å². The lowest BCUT2D eigenvalue weighted by Gasteiger charge is -2.07. The van der Waals surface area contributed by atoms with Crippen molar-refractivity contribution >= 4 is 15.8 Å². The summed E-state index contributed by atoms with van der Waals surface area (Å²) in [5.41, 5.74) is 0. The van der Waals surface area contributed by atoms with Gasteiger partial charge in [0.15, 0.2) is 0 Å². The summed E-state index contributed by atoms with van der Waals surface area (Å²) in [6.07, 6.45) is 7.10. The Balaban J connectivity index is 2.47. The molecular weight excluding hydrogens is 226 g/mol. The Morgan fingerprint density at radius 2 is 2.38 bits per heavy atom. The molecule has 0 unspecified atom stereocenters. The van der Waals surface area contributed by atoms with E-state index >= 15 is 0 Å². The molecule has 1 N–H and O–H groups in total. The number of sulfone groups is 1. The lowest BCUT2D eigenvalue weighted by molar-refractivity contribution is 0.592. The minimum atomic E-state index is -2.88. The molecule has 0 radical (unpaired) electrons. The monoisotopic (exact) mass is 243 g/mol. The predicted octanol–water partition coefficient (Wildman–Crippen LogP) is 0.916. The van der Waals surface area contributed by atoms with Crippen LogP contribution >= 0.6 is 0 Å². The molecule has 1 rings (SSSR count). The van der Waals surface area contributed by atoms with Gasteiger partial charge in [0, 0.05) is 31.7 Å². The van der Waals surface area contributed by atoms with Crippen LogP contribution in [-0.2, 0) is 16.4 Å². The highest BCUT2D eigenvalue weighted by Gasteiger charge is 2.04. The number of nitrogens with zero attached hydrogens (tertiary/aromatic N) is 2. The Labute approximate surface area is 96.1 Å². The van der Waals surface area contributed by atoms with Gasteiger partial charge in [-0.05, 0) is 6.42 Å². The Bertz CT molecular complexity index is 437. The summed E-state index contributed by atoms with van der Waals surface area (Å²) in [5.74, 6) is 0.944. The zero-order valence-corrected chi connectivity index (χ0v) is 10.2.